The van der Waals surface area contributed by atoms with Crippen LogP contribution in [0.25, 0.3) is 0 Å². The lowest BCUT2D eigenvalue weighted by atomic mass is 10.1. The van der Waals surface area contributed by atoms with Crippen molar-refractivity contribution in [3.63, 3.8) is 0 Å². The van der Waals surface area contributed by atoms with Crippen molar-refractivity contribution in [2.45, 2.75) is 31.7 Å². The lowest BCUT2D eigenvalue weighted by molar-refractivity contribution is -0.302. The summed E-state index contributed by atoms with van der Waals surface area (Å²) < 4.78 is 57.0. The van der Waals surface area contributed by atoms with Crippen LogP contribution in [0.4, 0.5) is 17.6 Å². The first-order valence-corrected chi connectivity index (χ1v) is 6.74. The fourth-order valence-corrected chi connectivity index (χ4v) is 2.03. The third kappa shape index (κ3) is 3.44. The highest BCUT2D eigenvalue weighted by atomic mass is 19.4. The van der Waals surface area contributed by atoms with Gasteiger partial charge in [0.2, 0.25) is 0 Å². The lowest BCUT2D eigenvalue weighted by Crippen LogP contribution is -2.57. The van der Waals surface area contributed by atoms with Crippen molar-refractivity contribution in [2.24, 2.45) is 5.10 Å². The first-order chi connectivity index (χ1) is 10.7. The maximum atomic E-state index is 13.1. The standard InChI is InChI=1S/C14H14F4N2O3/c1-2-10-7-13(22,14(16,17)18)20(19-10)12(21)8-23-11-5-3-9(15)4-6-11/h3-6,22H,2,7-8H2,1H3/t13-/m1/s1. The van der Waals surface area contributed by atoms with Gasteiger partial charge in [-0.2, -0.15) is 23.3 Å². The van der Waals surface area contributed by atoms with Crippen molar-refractivity contribution in [1.82, 2.24) is 5.01 Å². The van der Waals surface area contributed by atoms with E-state index in [1.807, 2.05) is 0 Å². The van der Waals surface area contributed by atoms with Gasteiger partial charge in [0.25, 0.3) is 11.6 Å². The Morgan fingerprint density at radius 2 is 2.00 bits per heavy atom. The van der Waals surface area contributed by atoms with Crippen LogP contribution in [-0.4, -0.2) is 40.2 Å². The van der Waals surface area contributed by atoms with E-state index >= 15 is 0 Å². The third-order valence-corrected chi connectivity index (χ3v) is 3.32. The van der Waals surface area contributed by atoms with Crippen molar-refractivity contribution in [2.75, 3.05) is 6.61 Å². The number of rotatable bonds is 4. The van der Waals surface area contributed by atoms with E-state index in [0.717, 1.165) is 12.1 Å². The molecule has 126 valence electrons. The van der Waals surface area contributed by atoms with Crippen molar-refractivity contribution in [1.29, 1.82) is 0 Å². The van der Waals surface area contributed by atoms with E-state index in [-0.39, 0.29) is 22.9 Å². The molecule has 0 aliphatic carbocycles. The quantitative estimate of drug-likeness (QED) is 0.861. The van der Waals surface area contributed by atoms with Gasteiger partial charge in [0.15, 0.2) is 6.61 Å². The van der Waals surface area contributed by atoms with E-state index in [0.29, 0.717) is 0 Å². The Morgan fingerprint density at radius 3 is 2.52 bits per heavy atom. The Bertz CT molecular complexity index is 615. The second-order valence-electron chi connectivity index (χ2n) is 4.96. The minimum Gasteiger partial charge on any atom is -0.484 e. The van der Waals surface area contributed by atoms with Gasteiger partial charge in [0.1, 0.15) is 11.6 Å². The zero-order valence-corrected chi connectivity index (χ0v) is 12.1. The fourth-order valence-electron chi connectivity index (χ4n) is 2.03. The summed E-state index contributed by atoms with van der Waals surface area (Å²) in [6.45, 7) is 0.795. The number of halogens is 4. The molecule has 0 unspecified atom stereocenters. The second-order valence-corrected chi connectivity index (χ2v) is 4.96. The van der Waals surface area contributed by atoms with Crippen molar-refractivity contribution >= 4 is 11.6 Å². The van der Waals surface area contributed by atoms with Crippen LogP contribution in [0.5, 0.6) is 5.75 Å². The van der Waals surface area contributed by atoms with Crippen LogP contribution in [0, 0.1) is 5.82 Å². The molecule has 1 aromatic rings. The normalized spacial score (nSPS) is 21.3. The van der Waals surface area contributed by atoms with Gasteiger partial charge in [-0.1, -0.05) is 6.92 Å². The molecule has 2 rings (SSSR count). The van der Waals surface area contributed by atoms with Gasteiger partial charge >= 0.3 is 6.18 Å². The van der Waals surface area contributed by atoms with Gasteiger partial charge in [0, 0.05) is 12.1 Å². The summed E-state index contributed by atoms with van der Waals surface area (Å²) in [4.78, 5) is 12.0. The van der Waals surface area contributed by atoms with E-state index in [2.05, 4.69) is 5.10 Å². The van der Waals surface area contributed by atoms with E-state index in [1.54, 1.807) is 6.92 Å². The molecular weight excluding hydrogens is 320 g/mol. The number of carbonyl (C=O) groups excluding carboxylic acids is 1. The van der Waals surface area contributed by atoms with Gasteiger partial charge in [-0.15, -0.1) is 0 Å². The highest BCUT2D eigenvalue weighted by Gasteiger charge is 2.62. The maximum Gasteiger partial charge on any atom is 0.438 e. The summed E-state index contributed by atoms with van der Waals surface area (Å²) in [5.74, 6) is -1.57. The molecule has 1 heterocycles. The topological polar surface area (TPSA) is 62.1 Å². The minimum atomic E-state index is -5.06. The SMILES string of the molecule is CCC1=NN(C(=O)COc2ccc(F)cc2)[C@](O)(C(F)(F)F)C1. The van der Waals surface area contributed by atoms with Gasteiger partial charge in [-0.25, -0.2) is 4.39 Å². The van der Waals surface area contributed by atoms with Crippen LogP contribution in [0.3, 0.4) is 0 Å². The Morgan fingerprint density at radius 1 is 1.39 bits per heavy atom. The average molecular weight is 334 g/mol. The molecule has 5 nitrogen and oxygen atoms in total. The van der Waals surface area contributed by atoms with Crippen molar-refractivity contribution in [3.8, 4) is 5.75 Å². The van der Waals surface area contributed by atoms with Gasteiger partial charge < -0.3 is 9.84 Å². The van der Waals surface area contributed by atoms with E-state index in [4.69, 9.17) is 4.74 Å². The van der Waals surface area contributed by atoms with Crippen LogP contribution in [0.2, 0.25) is 0 Å². The summed E-state index contributed by atoms with van der Waals surface area (Å²) in [7, 11) is 0. The smallest absolute Gasteiger partial charge is 0.438 e. The predicted molar refractivity (Wildman–Crippen MR) is 72.1 cm³/mol. The molecule has 0 bridgehead atoms. The summed E-state index contributed by atoms with van der Waals surface area (Å²) in [6.07, 6.45) is -5.69. The number of hydrogen-bond donors (Lipinski definition) is 1. The first-order valence-electron chi connectivity index (χ1n) is 6.74. The second kappa shape index (κ2) is 6.15. The number of alkyl halides is 3. The third-order valence-electron chi connectivity index (χ3n) is 3.32. The number of carbonyl (C=O) groups is 1. The summed E-state index contributed by atoms with van der Waals surface area (Å²) in [5.41, 5.74) is -3.32. The number of hydrogen-bond acceptors (Lipinski definition) is 4. The largest absolute Gasteiger partial charge is 0.484 e. The van der Waals surface area contributed by atoms with Crippen molar-refractivity contribution in [3.05, 3.63) is 30.1 Å². The number of benzene rings is 1. The number of hydrazone groups is 1. The molecular formula is C14H14F4N2O3. The van der Waals surface area contributed by atoms with Gasteiger partial charge in [-0.05, 0) is 30.7 Å². The maximum absolute atomic E-state index is 13.1. The summed E-state index contributed by atoms with van der Waals surface area (Å²) in [5, 5.41) is 13.4. The Balaban J connectivity index is 2.12. The zero-order valence-electron chi connectivity index (χ0n) is 12.1. The number of nitrogens with zero attached hydrogens (tertiary/aromatic N) is 2. The first kappa shape index (κ1) is 17.2. The average Bonchev–Trinajstić information content (AvgIpc) is 2.85. The summed E-state index contributed by atoms with van der Waals surface area (Å²) in [6, 6.07) is 4.61. The Labute approximate surface area is 129 Å². The highest BCUT2D eigenvalue weighted by molar-refractivity contribution is 5.90. The molecule has 1 amide bonds. The van der Waals surface area contributed by atoms with E-state index in [1.165, 1.54) is 12.1 Å². The summed E-state index contributed by atoms with van der Waals surface area (Å²) >= 11 is 0. The van der Waals surface area contributed by atoms with Crippen LogP contribution < -0.4 is 4.74 Å². The number of aliphatic hydroxyl groups is 1. The minimum absolute atomic E-state index is 0.00928. The molecule has 0 radical (unpaired) electrons. The molecule has 9 heteroatoms. The van der Waals surface area contributed by atoms with Crippen LogP contribution in [-0.2, 0) is 4.79 Å². The highest BCUT2D eigenvalue weighted by Crippen LogP contribution is 2.40. The molecule has 0 saturated carbocycles. The zero-order chi connectivity index (χ0) is 17.3. The Kier molecular flexibility index (Phi) is 4.60. The van der Waals surface area contributed by atoms with Gasteiger partial charge in [-0.3, -0.25) is 4.79 Å². The van der Waals surface area contributed by atoms with Crippen molar-refractivity contribution < 1.29 is 32.2 Å². The molecule has 0 aromatic heterocycles. The molecule has 0 spiro atoms. The molecule has 1 aliphatic rings. The molecule has 1 aliphatic heterocycles. The molecule has 1 aromatic carbocycles. The molecule has 1 atom stereocenters. The number of ether oxygens (including phenoxy) is 1. The fraction of sp³-hybridized carbons (Fsp3) is 0.429. The molecule has 1 N–H and O–H groups in total. The predicted octanol–water partition coefficient (Wildman–Crippen LogP) is 2.45. The van der Waals surface area contributed by atoms with Gasteiger partial charge in [0.05, 0.1) is 0 Å². The Hall–Kier alpha value is -2.16. The lowest BCUT2D eigenvalue weighted by Gasteiger charge is -2.32. The van der Waals surface area contributed by atoms with E-state index < -0.39 is 36.7 Å². The molecule has 0 fully saturated rings. The molecule has 0 saturated heterocycles. The van der Waals surface area contributed by atoms with Crippen LogP contribution in [0.15, 0.2) is 29.4 Å². The number of amides is 1. The monoisotopic (exact) mass is 334 g/mol. The molecule has 23 heavy (non-hydrogen) atoms. The van der Waals surface area contributed by atoms with Crippen LogP contribution in [0.1, 0.15) is 19.8 Å². The van der Waals surface area contributed by atoms with Crippen LogP contribution >= 0.6 is 0 Å². The van der Waals surface area contributed by atoms with E-state index in [9.17, 15) is 27.5 Å².